The van der Waals surface area contributed by atoms with E-state index in [9.17, 15) is 29.4 Å². The SMILES string of the molecule is CC(=O)OC[C@H]1O[C@H](O)[C@@H](NC(N)C(O)(C=O)OCC2c3ccccc3-c3ccccc32)[C@@H](OC(C)=O)[C@H]1OC(C)=O. The average Bonchev–Trinajstić information content (AvgIpc) is 3.27. The minimum atomic E-state index is -2.61. The van der Waals surface area contributed by atoms with E-state index in [1.54, 1.807) is 0 Å². The number of rotatable bonds is 11. The smallest absolute Gasteiger partial charge is 0.303 e. The van der Waals surface area contributed by atoms with E-state index >= 15 is 0 Å². The number of nitrogens with one attached hydrogen (secondary N) is 1. The Morgan fingerprint density at radius 3 is 2.02 bits per heavy atom. The highest BCUT2D eigenvalue weighted by atomic mass is 16.7. The third-order valence-corrected chi connectivity index (χ3v) is 7.15. The van der Waals surface area contributed by atoms with Crippen molar-refractivity contribution in [2.45, 2.75) is 69.3 Å². The first-order valence-corrected chi connectivity index (χ1v) is 13.3. The third kappa shape index (κ3) is 6.67. The van der Waals surface area contributed by atoms with Crippen molar-refractivity contribution in [3.05, 3.63) is 59.7 Å². The van der Waals surface area contributed by atoms with E-state index in [2.05, 4.69) is 5.32 Å². The molecule has 7 atom stereocenters. The summed E-state index contributed by atoms with van der Waals surface area (Å²) in [6.45, 7) is 2.77. The van der Waals surface area contributed by atoms with Crippen LogP contribution in [-0.4, -0.2) is 90.2 Å². The standard InChI is InChI=1S/C29H34N2O11/c1-15(33)38-13-23-25(40-16(2)34)26(41-17(3)35)24(27(36)42-23)31-28(30)29(37,14-32)39-12-22-20-10-6-4-8-18(20)19-9-5-7-11-21(19)22/h4-11,14,22-28,31,36-37H,12-13,30H2,1-3H3/t23-,24+,25+,26-,27+,28?,29?/m1/s1. The predicted molar refractivity (Wildman–Crippen MR) is 144 cm³/mol. The van der Waals surface area contributed by atoms with Gasteiger partial charge in [0, 0.05) is 26.7 Å². The van der Waals surface area contributed by atoms with Gasteiger partial charge in [0.05, 0.1) is 6.61 Å². The molecule has 42 heavy (non-hydrogen) atoms. The highest BCUT2D eigenvalue weighted by Gasteiger charge is 2.52. The van der Waals surface area contributed by atoms with E-state index in [-0.39, 0.29) is 18.8 Å². The van der Waals surface area contributed by atoms with Crippen LogP contribution in [0, 0.1) is 0 Å². The number of aliphatic hydroxyl groups excluding tert-OH is 1. The number of ether oxygens (including phenoxy) is 5. The fraction of sp³-hybridized carbons (Fsp3) is 0.448. The predicted octanol–water partition coefficient (Wildman–Crippen LogP) is 0.0897. The van der Waals surface area contributed by atoms with Crippen molar-refractivity contribution in [3.63, 3.8) is 0 Å². The number of carbonyl (C=O) groups excluding carboxylic acids is 4. The van der Waals surface area contributed by atoms with Gasteiger partial charge < -0.3 is 39.6 Å². The number of hydrogen-bond acceptors (Lipinski definition) is 13. The number of aldehydes is 1. The second kappa shape index (κ2) is 13.1. The molecule has 1 heterocycles. The van der Waals surface area contributed by atoms with E-state index < -0.39 is 67.1 Å². The molecule has 226 valence electrons. The first-order chi connectivity index (χ1) is 19.9. The summed E-state index contributed by atoms with van der Waals surface area (Å²) in [5, 5.41) is 24.7. The minimum absolute atomic E-state index is 0.112. The summed E-state index contributed by atoms with van der Waals surface area (Å²) in [6.07, 6.45) is -7.39. The van der Waals surface area contributed by atoms with Gasteiger partial charge in [-0.1, -0.05) is 48.5 Å². The van der Waals surface area contributed by atoms with Gasteiger partial charge in [0.15, 0.2) is 24.8 Å². The summed E-state index contributed by atoms with van der Waals surface area (Å²) >= 11 is 0. The van der Waals surface area contributed by atoms with Gasteiger partial charge in [-0.15, -0.1) is 0 Å². The normalized spacial score (nSPS) is 25.3. The fourth-order valence-electron chi connectivity index (χ4n) is 5.28. The van der Waals surface area contributed by atoms with Gasteiger partial charge >= 0.3 is 17.9 Å². The van der Waals surface area contributed by atoms with Crippen molar-refractivity contribution in [3.8, 4) is 11.1 Å². The molecule has 2 unspecified atom stereocenters. The average molecular weight is 587 g/mol. The number of hydrogen-bond donors (Lipinski definition) is 4. The first kappa shape index (κ1) is 31.2. The summed E-state index contributed by atoms with van der Waals surface area (Å²) in [6, 6.07) is 14.0. The van der Waals surface area contributed by atoms with Gasteiger partial charge in [-0.05, 0) is 22.3 Å². The molecule has 0 amide bonds. The maximum atomic E-state index is 12.2. The zero-order chi connectivity index (χ0) is 30.6. The van der Waals surface area contributed by atoms with Crippen LogP contribution in [0.15, 0.2) is 48.5 Å². The molecule has 1 aliphatic carbocycles. The highest BCUT2D eigenvalue weighted by molar-refractivity contribution is 5.78. The number of nitrogens with two attached hydrogens (primary N) is 1. The first-order valence-electron chi connectivity index (χ1n) is 13.3. The minimum Gasteiger partial charge on any atom is -0.463 e. The van der Waals surface area contributed by atoms with Crippen molar-refractivity contribution in [1.29, 1.82) is 0 Å². The molecule has 0 radical (unpaired) electrons. The largest absolute Gasteiger partial charge is 0.463 e. The lowest BCUT2D eigenvalue weighted by molar-refractivity contribution is -0.271. The van der Waals surface area contributed by atoms with Crippen LogP contribution < -0.4 is 11.1 Å². The van der Waals surface area contributed by atoms with Crippen LogP contribution >= 0.6 is 0 Å². The summed E-state index contributed by atoms with van der Waals surface area (Å²) in [5.74, 6) is -5.18. The van der Waals surface area contributed by atoms with Crippen molar-refractivity contribution >= 4 is 24.2 Å². The van der Waals surface area contributed by atoms with Gasteiger partial charge in [-0.3, -0.25) is 24.5 Å². The lowest BCUT2D eigenvalue weighted by Crippen LogP contribution is -2.71. The maximum Gasteiger partial charge on any atom is 0.303 e. The summed E-state index contributed by atoms with van der Waals surface area (Å²) in [7, 11) is 0. The molecule has 5 N–H and O–H groups in total. The molecule has 2 aromatic carbocycles. The Kier molecular flexibility index (Phi) is 9.71. The molecular formula is C29H34N2O11. The van der Waals surface area contributed by atoms with E-state index in [0.29, 0.717) is 0 Å². The fourth-order valence-corrected chi connectivity index (χ4v) is 5.28. The van der Waals surface area contributed by atoms with Gasteiger partial charge in [0.2, 0.25) is 0 Å². The molecule has 2 aromatic rings. The zero-order valence-electron chi connectivity index (χ0n) is 23.3. The van der Waals surface area contributed by atoms with Crippen LogP contribution in [0.1, 0.15) is 37.8 Å². The molecule has 1 saturated heterocycles. The van der Waals surface area contributed by atoms with Crippen LogP contribution in [0.25, 0.3) is 11.1 Å². The molecular weight excluding hydrogens is 552 g/mol. The summed E-state index contributed by atoms with van der Waals surface area (Å²) in [4.78, 5) is 47.4. The summed E-state index contributed by atoms with van der Waals surface area (Å²) < 4.78 is 26.9. The highest BCUT2D eigenvalue weighted by Crippen LogP contribution is 2.44. The van der Waals surface area contributed by atoms with E-state index in [0.717, 1.165) is 43.0 Å². The third-order valence-electron chi connectivity index (χ3n) is 7.15. The lowest BCUT2D eigenvalue weighted by Gasteiger charge is -2.45. The van der Waals surface area contributed by atoms with E-state index in [1.165, 1.54) is 0 Å². The Bertz CT molecular complexity index is 1270. The van der Waals surface area contributed by atoms with Crippen molar-refractivity contribution in [1.82, 2.24) is 5.32 Å². The molecule has 1 fully saturated rings. The zero-order valence-corrected chi connectivity index (χ0v) is 23.3. The lowest BCUT2D eigenvalue weighted by atomic mass is 9.95. The number of fused-ring (bicyclic) bond motifs is 3. The van der Waals surface area contributed by atoms with Crippen molar-refractivity contribution in [2.75, 3.05) is 13.2 Å². The van der Waals surface area contributed by atoms with Gasteiger partial charge in [0.1, 0.15) is 24.9 Å². The molecule has 0 spiro atoms. The molecule has 1 aliphatic heterocycles. The molecule has 0 bridgehead atoms. The molecule has 13 heteroatoms. The molecule has 2 aliphatic rings. The Labute approximate surface area is 241 Å². The van der Waals surface area contributed by atoms with Crippen LogP contribution in [0.4, 0.5) is 0 Å². The second-order valence-corrected chi connectivity index (χ2v) is 10.1. The number of esters is 3. The molecule has 13 nitrogen and oxygen atoms in total. The van der Waals surface area contributed by atoms with Crippen LogP contribution in [0.5, 0.6) is 0 Å². The van der Waals surface area contributed by atoms with Crippen LogP contribution in [0.2, 0.25) is 0 Å². The number of aliphatic hydroxyl groups is 2. The molecule has 0 aromatic heterocycles. The Hall–Kier alpha value is -3.72. The van der Waals surface area contributed by atoms with Gasteiger partial charge in [0.25, 0.3) is 5.79 Å². The van der Waals surface area contributed by atoms with Crippen LogP contribution in [-0.2, 0) is 42.9 Å². The van der Waals surface area contributed by atoms with Crippen molar-refractivity contribution in [2.24, 2.45) is 5.73 Å². The number of carbonyl (C=O) groups is 4. The quantitative estimate of drug-likeness (QED) is 0.120. The topological polar surface area (TPSA) is 193 Å². The Balaban J connectivity index is 1.55. The van der Waals surface area contributed by atoms with Gasteiger partial charge in [-0.25, -0.2) is 0 Å². The maximum absolute atomic E-state index is 12.2. The molecule has 4 rings (SSSR count). The van der Waals surface area contributed by atoms with E-state index in [4.69, 9.17) is 29.4 Å². The second-order valence-electron chi connectivity index (χ2n) is 10.1. The Morgan fingerprint density at radius 1 is 0.952 bits per heavy atom. The van der Waals surface area contributed by atoms with Crippen LogP contribution in [0.3, 0.4) is 0 Å². The van der Waals surface area contributed by atoms with E-state index in [1.807, 2.05) is 48.5 Å². The molecule has 0 saturated carbocycles. The Morgan fingerprint density at radius 2 is 1.50 bits per heavy atom. The number of benzene rings is 2. The van der Waals surface area contributed by atoms with Crippen molar-refractivity contribution < 1.29 is 53.1 Å². The monoisotopic (exact) mass is 586 g/mol. The van der Waals surface area contributed by atoms with Gasteiger partial charge in [-0.2, -0.15) is 0 Å². The summed E-state index contributed by atoms with van der Waals surface area (Å²) in [5.41, 5.74) is 10.1.